The maximum atomic E-state index is 12.2. The molecule has 116 valence electrons. The predicted octanol–water partition coefficient (Wildman–Crippen LogP) is 3.24. The Morgan fingerprint density at radius 3 is 2.55 bits per heavy atom. The molecule has 0 bridgehead atoms. The van der Waals surface area contributed by atoms with Gasteiger partial charge >= 0.3 is 0 Å². The number of carbonyl (C=O) groups excluding carboxylic acids is 1. The van der Waals surface area contributed by atoms with Crippen molar-refractivity contribution in [3.05, 3.63) is 35.1 Å². The number of aromatic amines is 1. The zero-order chi connectivity index (χ0) is 15.9. The van der Waals surface area contributed by atoms with E-state index in [2.05, 4.69) is 15.2 Å². The fourth-order valence-electron chi connectivity index (χ4n) is 2.72. The van der Waals surface area contributed by atoms with Crippen LogP contribution in [0.5, 0.6) is 0 Å². The molecule has 1 N–H and O–H groups in total. The summed E-state index contributed by atoms with van der Waals surface area (Å²) in [7, 11) is 0. The van der Waals surface area contributed by atoms with Gasteiger partial charge in [-0.2, -0.15) is 5.10 Å². The average molecular weight is 319 g/mol. The van der Waals surface area contributed by atoms with Crippen LogP contribution in [0.3, 0.4) is 0 Å². The second-order valence-electron chi connectivity index (χ2n) is 6.63. The van der Waals surface area contributed by atoms with Crippen LogP contribution in [0.1, 0.15) is 38.9 Å². The molecule has 0 radical (unpaired) electrons. The predicted molar refractivity (Wildman–Crippen MR) is 85.7 cm³/mol. The zero-order valence-corrected chi connectivity index (χ0v) is 13.7. The Morgan fingerprint density at radius 1 is 1.27 bits per heavy atom. The van der Waals surface area contributed by atoms with Crippen LogP contribution in [-0.4, -0.2) is 38.1 Å². The van der Waals surface area contributed by atoms with E-state index < -0.39 is 0 Å². The quantitative estimate of drug-likeness (QED) is 0.924. The van der Waals surface area contributed by atoms with Gasteiger partial charge in [-0.3, -0.25) is 9.89 Å². The van der Waals surface area contributed by atoms with Crippen molar-refractivity contribution < 1.29 is 4.79 Å². The molecular formula is C16H19ClN4O. The maximum Gasteiger partial charge on any atom is 0.223 e. The molecule has 0 saturated carbocycles. The van der Waals surface area contributed by atoms with Gasteiger partial charge in [0.25, 0.3) is 0 Å². The molecule has 1 fully saturated rings. The van der Waals surface area contributed by atoms with Gasteiger partial charge in [0.15, 0.2) is 5.82 Å². The Hall–Kier alpha value is -1.88. The number of H-pyrrole nitrogens is 1. The minimum Gasteiger partial charge on any atom is -0.337 e. The molecule has 1 saturated heterocycles. The van der Waals surface area contributed by atoms with Crippen molar-refractivity contribution in [2.24, 2.45) is 0 Å². The highest BCUT2D eigenvalue weighted by molar-refractivity contribution is 6.30. The molecular weight excluding hydrogens is 300 g/mol. The van der Waals surface area contributed by atoms with E-state index in [0.29, 0.717) is 23.8 Å². The van der Waals surface area contributed by atoms with Crippen molar-refractivity contribution in [1.82, 2.24) is 20.1 Å². The highest BCUT2D eigenvalue weighted by Crippen LogP contribution is 2.31. The van der Waals surface area contributed by atoms with E-state index in [0.717, 1.165) is 11.4 Å². The summed E-state index contributed by atoms with van der Waals surface area (Å²) < 4.78 is 0. The van der Waals surface area contributed by atoms with Crippen molar-refractivity contribution in [1.29, 1.82) is 0 Å². The lowest BCUT2D eigenvalue weighted by Crippen LogP contribution is -2.42. The van der Waals surface area contributed by atoms with Gasteiger partial charge in [-0.25, -0.2) is 4.98 Å². The summed E-state index contributed by atoms with van der Waals surface area (Å²) in [6.45, 7) is 6.82. The summed E-state index contributed by atoms with van der Waals surface area (Å²) in [5, 5.41) is 7.93. The van der Waals surface area contributed by atoms with E-state index in [1.165, 1.54) is 0 Å². The van der Waals surface area contributed by atoms with Gasteiger partial charge in [0.2, 0.25) is 5.91 Å². The van der Waals surface area contributed by atoms with Gasteiger partial charge in [-0.05, 0) is 45.0 Å². The number of amides is 1. The van der Waals surface area contributed by atoms with Crippen molar-refractivity contribution in [2.45, 2.75) is 38.6 Å². The second-order valence-corrected chi connectivity index (χ2v) is 7.06. The standard InChI is InChI=1S/C16H19ClN4O/c1-16(2,3)21-9-11(8-13(21)22)15-18-14(19-20-15)10-4-6-12(17)7-5-10/h4-7,11H,8-9H2,1-3H3,(H,18,19,20). The third-order valence-corrected chi connectivity index (χ3v) is 4.18. The van der Waals surface area contributed by atoms with Crippen LogP contribution in [0.25, 0.3) is 11.4 Å². The van der Waals surface area contributed by atoms with E-state index in [4.69, 9.17) is 11.6 Å². The van der Waals surface area contributed by atoms with Crippen LogP contribution in [0.2, 0.25) is 5.02 Å². The minimum absolute atomic E-state index is 0.0697. The number of aromatic nitrogens is 3. The molecule has 3 rings (SSSR count). The summed E-state index contributed by atoms with van der Waals surface area (Å²) in [5.74, 6) is 1.64. The normalized spacial score (nSPS) is 19.0. The number of rotatable bonds is 2. The lowest BCUT2D eigenvalue weighted by Gasteiger charge is -2.31. The Kier molecular flexibility index (Phi) is 3.68. The summed E-state index contributed by atoms with van der Waals surface area (Å²) >= 11 is 5.89. The SMILES string of the molecule is CC(C)(C)N1CC(c2nc(-c3ccc(Cl)cc3)n[nH]2)CC1=O. The first-order valence-corrected chi connectivity index (χ1v) is 7.71. The number of hydrogen-bond donors (Lipinski definition) is 1. The van der Waals surface area contributed by atoms with Crippen LogP contribution in [0, 0.1) is 0 Å². The molecule has 5 nitrogen and oxygen atoms in total. The molecule has 1 aliphatic heterocycles. The van der Waals surface area contributed by atoms with Crippen LogP contribution < -0.4 is 0 Å². The van der Waals surface area contributed by atoms with E-state index >= 15 is 0 Å². The molecule has 1 unspecified atom stereocenters. The molecule has 1 aliphatic rings. The van der Waals surface area contributed by atoms with E-state index in [1.54, 1.807) is 0 Å². The third-order valence-electron chi connectivity index (χ3n) is 3.93. The highest BCUT2D eigenvalue weighted by atomic mass is 35.5. The smallest absolute Gasteiger partial charge is 0.223 e. The Morgan fingerprint density at radius 2 is 1.95 bits per heavy atom. The van der Waals surface area contributed by atoms with Gasteiger partial charge in [-0.1, -0.05) is 11.6 Å². The summed E-state index contributed by atoms with van der Waals surface area (Å²) in [4.78, 5) is 18.6. The number of nitrogens with one attached hydrogen (secondary N) is 1. The molecule has 1 aromatic carbocycles. The lowest BCUT2D eigenvalue weighted by atomic mass is 10.1. The Labute approximate surface area is 134 Å². The third kappa shape index (κ3) is 2.86. The first kappa shape index (κ1) is 15.0. The summed E-state index contributed by atoms with van der Waals surface area (Å²) in [6, 6.07) is 7.40. The molecule has 0 spiro atoms. The largest absolute Gasteiger partial charge is 0.337 e. The molecule has 0 aliphatic carbocycles. The zero-order valence-electron chi connectivity index (χ0n) is 12.9. The Bertz CT molecular complexity index is 687. The monoisotopic (exact) mass is 318 g/mol. The van der Waals surface area contributed by atoms with E-state index in [9.17, 15) is 4.79 Å². The highest BCUT2D eigenvalue weighted by Gasteiger charge is 2.38. The summed E-state index contributed by atoms with van der Waals surface area (Å²) in [6.07, 6.45) is 0.479. The van der Waals surface area contributed by atoms with Gasteiger partial charge in [0, 0.05) is 35.0 Å². The van der Waals surface area contributed by atoms with Gasteiger partial charge in [0.05, 0.1) is 0 Å². The molecule has 2 heterocycles. The van der Waals surface area contributed by atoms with Crippen LogP contribution in [-0.2, 0) is 4.79 Å². The van der Waals surface area contributed by atoms with Crippen LogP contribution in [0.4, 0.5) is 0 Å². The average Bonchev–Trinajstić information content (AvgIpc) is 3.05. The van der Waals surface area contributed by atoms with Crippen molar-refractivity contribution in [3.8, 4) is 11.4 Å². The summed E-state index contributed by atoms with van der Waals surface area (Å²) in [5.41, 5.74) is 0.745. The molecule has 6 heteroatoms. The molecule has 1 atom stereocenters. The number of likely N-dealkylation sites (tertiary alicyclic amines) is 1. The first-order valence-electron chi connectivity index (χ1n) is 7.33. The van der Waals surface area contributed by atoms with E-state index in [1.807, 2.05) is 49.9 Å². The van der Waals surface area contributed by atoms with E-state index in [-0.39, 0.29) is 17.4 Å². The van der Waals surface area contributed by atoms with Crippen LogP contribution >= 0.6 is 11.6 Å². The lowest BCUT2D eigenvalue weighted by molar-refractivity contribution is -0.131. The Balaban J connectivity index is 1.80. The molecule has 2 aromatic rings. The van der Waals surface area contributed by atoms with Gasteiger partial charge in [-0.15, -0.1) is 0 Å². The minimum atomic E-state index is -0.162. The van der Waals surface area contributed by atoms with Crippen LogP contribution in [0.15, 0.2) is 24.3 Å². The topological polar surface area (TPSA) is 61.9 Å². The van der Waals surface area contributed by atoms with Gasteiger partial charge in [0.1, 0.15) is 5.82 Å². The number of benzene rings is 1. The fraction of sp³-hybridized carbons (Fsp3) is 0.438. The van der Waals surface area contributed by atoms with Gasteiger partial charge < -0.3 is 4.90 Å². The maximum absolute atomic E-state index is 12.2. The first-order chi connectivity index (χ1) is 10.3. The number of halogens is 1. The molecule has 22 heavy (non-hydrogen) atoms. The number of carbonyl (C=O) groups is 1. The molecule has 1 aromatic heterocycles. The number of hydrogen-bond acceptors (Lipinski definition) is 3. The van der Waals surface area contributed by atoms with Crippen molar-refractivity contribution in [2.75, 3.05) is 6.54 Å². The van der Waals surface area contributed by atoms with Crippen molar-refractivity contribution in [3.63, 3.8) is 0 Å². The number of nitrogens with zero attached hydrogens (tertiary/aromatic N) is 3. The molecule has 1 amide bonds. The van der Waals surface area contributed by atoms with Crippen molar-refractivity contribution >= 4 is 17.5 Å². The fourth-order valence-corrected chi connectivity index (χ4v) is 2.85. The second kappa shape index (κ2) is 5.39.